The topological polar surface area (TPSA) is 42.0 Å². The average Bonchev–Trinajstić information content (AvgIpc) is 2.89. The molecule has 1 aromatic rings. The van der Waals surface area contributed by atoms with E-state index < -0.39 is 6.09 Å². The van der Waals surface area contributed by atoms with Gasteiger partial charge in [-0.1, -0.05) is 6.07 Å². The third-order valence-corrected chi connectivity index (χ3v) is 3.97. The van der Waals surface area contributed by atoms with Crippen LogP contribution in [0.2, 0.25) is 0 Å². The van der Waals surface area contributed by atoms with Gasteiger partial charge in [0.05, 0.1) is 37.0 Å². The van der Waals surface area contributed by atoms with E-state index in [2.05, 4.69) is 0 Å². The maximum atomic E-state index is 14.3. The molecule has 0 spiro atoms. The lowest BCUT2D eigenvalue weighted by molar-refractivity contribution is 0.122. The maximum Gasteiger partial charge on any atom is 0.414 e. The number of nitrogens with zero attached hydrogens (tertiary/aromatic N) is 2. The largest absolute Gasteiger partial charge is 0.443 e. The Morgan fingerprint density at radius 2 is 2.10 bits per heavy atom. The number of anilines is 2. The molecule has 114 valence electrons. The van der Waals surface area contributed by atoms with E-state index in [1.54, 1.807) is 12.1 Å². The van der Waals surface area contributed by atoms with Crippen LogP contribution in [0.1, 0.15) is 0 Å². The van der Waals surface area contributed by atoms with Crippen molar-refractivity contribution in [2.75, 3.05) is 48.5 Å². The smallest absolute Gasteiger partial charge is 0.414 e. The van der Waals surface area contributed by atoms with Crippen LogP contribution in [0.3, 0.4) is 0 Å². The lowest BCUT2D eigenvalue weighted by Gasteiger charge is -2.32. The Bertz CT molecular complexity index is 537. The molecule has 3 rings (SSSR count). The minimum Gasteiger partial charge on any atom is -0.443 e. The highest BCUT2D eigenvalue weighted by molar-refractivity contribution is 6.18. The third-order valence-electron chi connectivity index (χ3n) is 3.63. The molecule has 2 fully saturated rings. The van der Waals surface area contributed by atoms with Crippen LogP contribution in [0.15, 0.2) is 18.2 Å². The molecule has 2 heterocycles. The molecule has 2 saturated heterocycles. The molecule has 2 aliphatic rings. The summed E-state index contributed by atoms with van der Waals surface area (Å²) in [6.07, 6.45) is -0.847. The van der Waals surface area contributed by atoms with Crippen LogP contribution >= 0.6 is 11.6 Å². The summed E-state index contributed by atoms with van der Waals surface area (Å²) in [5.74, 6) is -0.124. The lowest BCUT2D eigenvalue weighted by Crippen LogP contribution is -2.38. The molecule has 0 aromatic heterocycles. The van der Waals surface area contributed by atoms with Crippen LogP contribution in [-0.4, -0.2) is 50.9 Å². The summed E-state index contributed by atoms with van der Waals surface area (Å²) in [6, 6.07) is 4.72. The van der Waals surface area contributed by atoms with E-state index >= 15 is 0 Å². The summed E-state index contributed by atoms with van der Waals surface area (Å²) in [6.45, 7) is 2.61. The third kappa shape index (κ3) is 2.78. The molecule has 0 radical (unpaired) electrons. The zero-order chi connectivity index (χ0) is 14.8. The molecular formula is C14H16ClFN2O3. The molecule has 7 heteroatoms. The van der Waals surface area contributed by atoms with Gasteiger partial charge in [-0.05, 0) is 12.1 Å². The van der Waals surface area contributed by atoms with Gasteiger partial charge in [-0.2, -0.15) is 0 Å². The van der Waals surface area contributed by atoms with E-state index in [1.165, 1.54) is 11.0 Å². The van der Waals surface area contributed by atoms with Crippen molar-refractivity contribution in [3.8, 4) is 0 Å². The molecule has 1 atom stereocenters. The summed E-state index contributed by atoms with van der Waals surface area (Å²) in [5, 5.41) is 0. The maximum absolute atomic E-state index is 14.3. The average molecular weight is 315 g/mol. The molecule has 0 N–H and O–H groups in total. The predicted octanol–water partition coefficient (Wildman–Crippen LogP) is 2.23. The second kappa shape index (κ2) is 6.07. The van der Waals surface area contributed by atoms with Gasteiger partial charge in [0, 0.05) is 13.1 Å². The van der Waals surface area contributed by atoms with E-state index in [4.69, 9.17) is 21.1 Å². The number of hydrogen-bond acceptors (Lipinski definition) is 4. The van der Waals surface area contributed by atoms with Crippen molar-refractivity contribution in [3.63, 3.8) is 0 Å². The Hall–Kier alpha value is -1.53. The molecule has 1 unspecified atom stereocenters. The number of carbonyl (C=O) groups is 1. The van der Waals surface area contributed by atoms with Gasteiger partial charge >= 0.3 is 6.09 Å². The molecule has 0 saturated carbocycles. The van der Waals surface area contributed by atoms with Gasteiger partial charge in [-0.25, -0.2) is 9.18 Å². The number of halogens is 2. The van der Waals surface area contributed by atoms with Crippen molar-refractivity contribution in [3.05, 3.63) is 24.0 Å². The number of hydrogen-bond donors (Lipinski definition) is 0. The summed E-state index contributed by atoms with van der Waals surface area (Å²) in [7, 11) is 0. The first-order chi connectivity index (χ1) is 10.2. The quantitative estimate of drug-likeness (QED) is 0.802. The van der Waals surface area contributed by atoms with Gasteiger partial charge in [-0.3, -0.25) is 4.90 Å². The van der Waals surface area contributed by atoms with Crippen molar-refractivity contribution >= 4 is 29.1 Å². The monoisotopic (exact) mass is 314 g/mol. The summed E-state index contributed by atoms with van der Waals surface area (Å²) in [4.78, 5) is 15.3. The van der Waals surface area contributed by atoms with Gasteiger partial charge in [0.25, 0.3) is 0 Å². The van der Waals surface area contributed by atoms with Crippen molar-refractivity contribution < 1.29 is 18.7 Å². The number of carbonyl (C=O) groups excluding carboxylic acids is 1. The fraction of sp³-hybridized carbons (Fsp3) is 0.500. The first-order valence-electron chi connectivity index (χ1n) is 6.86. The second-order valence-corrected chi connectivity index (χ2v) is 5.29. The van der Waals surface area contributed by atoms with Crippen LogP contribution in [0, 0.1) is 5.82 Å². The van der Waals surface area contributed by atoms with Crippen molar-refractivity contribution in [2.45, 2.75) is 6.10 Å². The minimum absolute atomic E-state index is 0.227. The molecule has 0 aliphatic carbocycles. The van der Waals surface area contributed by atoms with Crippen LogP contribution in [-0.2, 0) is 9.47 Å². The molecule has 5 nitrogen and oxygen atoms in total. The second-order valence-electron chi connectivity index (χ2n) is 4.98. The highest BCUT2D eigenvalue weighted by Crippen LogP contribution is 2.35. The zero-order valence-electron chi connectivity index (χ0n) is 11.4. The van der Waals surface area contributed by atoms with E-state index in [0.717, 1.165) is 0 Å². The molecule has 2 aliphatic heterocycles. The number of ether oxygens (including phenoxy) is 2. The highest BCUT2D eigenvalue weighted by atomic mass is 35.5. The van der Waals surface area contributed by atoms with Crippen LogP contribution in [0.25, 0.3) is 0 Å². The highest BCUT2D eigenvalue weighted by Gasteiger charge is 2.34. The van der Waals surface area contributed by atoms with E-state index in [-0.39, 0.29) is 17.8 Å². The normalized spacial score (nSPS) is 22.6. The summed E-state index contributed by atoms with van der Waals surface area (Å²) < 4.78 is 24.8. The Morgan fingerprint density at radius 3 is 2.76 bits per heavy atom. The predicted molar refractivity (Wildman–Crippen MR) is 77.8 cm³/mol. The van der Waals surface area contributed by atoms with Gasteiger partial charge in [0.15, 0.2) is 0 Å². The Kier molecular flexibility index (Phi) is 4.17. The number of rotatable bonds is 3. The van der Waals surface area contributed by atoms with E-state index in [9.17, 15) is 9.18 Å². The van der Waals surface area contributed by atoms with Crippen molar-refractivity contribution in [1.29, 1.82) is 0 Å². The molecule has 1 amide bonds. The Balaban J connectivity index is 1.95. The van der Waals surface area contributed by atoms with E-state index in [1.807, 2.05) is 4.90 Å². The number of morpholine rings is 1. The Labute approximate surface area is 127 Å². The molecular weight excluding hydrogens is 299 g/mol. The van der Waals surface area contributed by atoms with Crippen LogP contribution in [0.5, 0.6) is 0 Å². The number of para-hydroxylation sites is 1. The van der Waals surface area contributed by atoms with Gasteiger partial charge in [-0.15, -0.1) is 11.6 Å². The first-order valence-corrected chi connectivity index (χ1v) is 7.39. The van der Waals surface area contributed by atoms with Crippen LogP contribution in [0.4, 0.5) is 20.6 Å². The number of alkyl halides is 1. The Morgan fingerprint density at radius 1 is 1.33 bits per heavy atom. The SMILES string of the molecule is O=C1OC(CCl)CN1c1cccc(F)c1N1CCOCC1. The minimum atomic E-state index is -0.485. The molecule has 21 heavy (non-hydrogen) atoms. The summed E-state index contributed by atoms with van der Waals surface area (Å²) >= 11 is 5.74. The standard InChI is InChI=1S/C14H16ClFN2O3/c15-8-10-9-18(14(19)21-10)12-3-1-2-11(16)13(12)17-4-6-20-7-5-17/h1-3,10H,4-9H2. The molecule has 1 aromatic carbocycles. The van der Waals surface area contributed by atoms with Crippen molar-refractivity contribution in [2.24, 2.45) is 0 Å². The molecule has 0 bridgehead atoms. The van der Waals surface area contributed by atoms with E-state index in [0.29, 0.717) is 44.2 Å². The van der Waals surface area contributed by atoms with Gasteiger partial charge in [0.2, 0.25) is 0 Å². The summed E-state index contributed by atoms with van der Waals surface area (Å²) in [5.41, 5.74) is 0.947. The van der Waals surface area contributed by atoms with Gasteiger partial charge in [0.1, 0.15) is 11.9 Å². The van der Waals surface area contributed by atoms with Crippen molar-refractivity contribution in [1.82, 2.24) is 0 Å². The fourth-order valence-corrected chi connectivity index (χ4v) is 2.78. The van der Waals surface area contributed by atoms with Gasteiger partial charge < -0.3 is 14.4 Å². The zero-order valence-corrected chi connectivity index (χ0v) is 12.2. The van der Waals surface area contributed by atoms with Crippen LogP contribution < -0.4 is 9.80 Å². The number of benzene rings is 1. The lowest BCUT2D eigenvalue weighted by atomic mass is 10.2. The fourth-order valence-electron chi connectivity index (χ4n) is 2.62. The number of amides is 1. The first kappa shape index (κ1) is 14.4. The number of cyclic esters (lactones) is 1.